The Morgan fingerprint density at radius 2 is 2.05 bits per heavy atom. The first kappa shape index (κ1) is 13.9. The minimum Gasteiger partial charge on any atom is -0.493 e. The second kappa shape index (κ2) is 6.56. The number of methoxy groups -OCH3 is 1. The SMILES string of the molecule is COc1cc(C=NN)ccc1OCc1cccc(F)c1. The summed E-state index contributed by atoms with van der Waals surface area (Å²) >= 11 is 0. The monoisotopic (exact) mass is 274 g/mol. The van der Waals surface area contributed by atoms with E-state index in [-0.39, 0.29) is 12.4 Å². The molecule has 0 aliphatic carbocycles. The average molecular weight is 274 g/mol. The lowest BCUT2D eigenvalue weighted by Crippen LogP contribution is -1.99. The smallest absolute Gasteiger partial charge is 0.161 e. The Morgan fingerprint density at radius 1 is 1.20 bits per heavy atom. The summed E-state index contributed by atoms with van der Waals surface area (Å²) in [5, 5.41) is 3.45. The number of halogens is 1. The van der Waals surface area contributed by atoms with Crippen molar-refractivity contribution >= 4 is 6.21 Å². The first-order valence-corrected chi connectivity index (χ1v) is 6.01. The third-order valence-corrected chi connectivity index (χ3v) is 2.69. The molecular formula is C15H15FN2O2. The first-order valence-electron chi connectivity index (χ1n) is 6.01. The van der Waals surface area contributed by atoms with Crippen molar-refractivity contribution in [1.29, 1.82) is 0 Å². The largest absolute Gasteiger partial charge is 0.493 e. The maximum absolute atomic E-state index is 13.1. The van der Waals surface area contributed by atoms with Crippen LogP contribution < -0.4 is 15.3 Å². The van der Waals surface area contributed by atoms with Crippen LogP contribution in [-0.2, 0) is 6.61 Å². The zero-order valence-corrected chi connectivity index (χ0v) is 11.0. The van der Waals surface area contributed by atoms with Gasteiger partial charge in [0, 0.05) is 0 Å². The molecule has 0 aromatic heterocycles. The summed E-state index contributed by atoms with van der Waals surface area (Å²) in [6.07, 6.45) is 1.51. The Bertz CT molecular complexity index is 615. The van der Waals surface area contributed by atoms with E-state index in [1.54, 1.807) is 37.4 Å². The Morgan fingerprint density at radius 3 is 2.75 bits per heavy atom. The van der Waals surface area contributed by atoms with Crippen LogP contribution in [0.1, 0.15) is 11.1 Å². The molecule has 2 rings (SSSR count). The van der Waals surface area contributed by atoms with Crippen molar-refractivity contribution in [3.05, 3.63) is 59.4 Å². The lowest BCUT2D eigenvalue weighted by molar-refractivity contribution is 0.284. The fourth-order valence-electron chi connectivity index (χ4n) is 1.76. The van der Waals surface area contributed by atoms with E-state index in [2.05, 4.69) is 5.10 Å². The number of benzene rings is 2. The predicted molar refractivity (Wildman–Crippen MR) is 75.5 cm³/mol. The second-order valence-corrected chi connectivity index (χ2v) is 4.11. The average Bonchev–Trinajstić information content (AvgIpc) is 2.46. The van der Waals surface area contributed by atoms with Gasteiger partial charge in [0.1, 0.15) is 12.4 Å². The third kappa shape index (κ3) is 3.47. The molecule has 0 fully saturated rings. The van der Waals surface area contributed by atoms with Crippen molar-refractivity contribution in [3.8, 4) is 11.5 Å². The van der Waals surface area contributed by atoms with E-state index in [9.17, 15) is 4.39 Å². The van der Waals surface area contributed by atoms with Crippen LogP contribution in [0.5, 0.6) is 11.5 Å². The molecule has 0 saturated carbocycles. The number of hydrazone groups is 1. The molecule has 4 nitrogen and oxygen atoms in total. The van der Waals surface area contributed by atoms with Crippen LogP contribution in [-0.4, -0.2) is 13.3 Å². The molecule has 104 valence electrons. The molecule has 0 spiro atoms. The lowest BCUT2D eigenvalue weighted by atomic mass is 10.2. The molecule has 2 N–H and O–H groups in total. The van der Waals surface area contributed by atoms with Gasteiger partial charge in [0.15, 0.2) is 11.5 Å². The van der Waals surface area contributed by atoms with Gasteiger partial charge in [-0.25, -0.2) is 4.39 Å². The minimum absolute atomic E-state index is 0.262. The molecule has 0 atom stereocenters. The van der Waals surface area contributed by atoms with Gasteiger partial charge in [-0.15, -0.1) is 0 Å². The molecule has 0 aliphatic rings. The van der Waals surface area contributed by atoms with Gasteiger partial charge >= 0.3 is 0 Å². The molecular weight excluding hydrogens is 259 g/mol. The summed E-state index contributed by atoms with van der Waals surface area (Å²) in [6.45, 7) is 0.262. The molecule has 5 heteroatoms. The van der Waals surface area contributed by atoms with Crippen LogP contribution in [0.4, 0.5) is 4.39 Å². The zero-order chi connectivity index (χ0) is 14.4. The highest BCUT2D eigenvalue weighted by molar-refractivity contribution is 5.80. The minimum atomic E-state index is -0.285. The van der Waals surface area contributed by atoms with E-state index in [1.165, 1.54) is 18.3 Å². The summed E-state index contributed by atoms with van der Waals surface area (Å²) in [4.78, 5) is 0. The topological polar surface area (TPSA) is 56.8 Å². The lowest BCUT2D eigenvalue weighted by Gasteiger charge is -2.11. The van der Waals surface area contributed by atoms with Gasteiger partial charge in [-0.05, 0) is 41.5 Å². The number of ether oxygens (including phenoxy) is 2. The molecule has 2 aromatic carbocycles. The highest BCUT2D eigenvalue weighted by Gasteiger charge is 2.06. The van der Waals surface area contributed by atoms with Crippen LogP contribution in [0, 0.1) is 5.82 Å². The quantitative estimate of drug-likeness (QED) is 0.518. The van der Waals surface area contributed by atoms with Crippen molar-refractivity contribution in [1.82, 2.24) is 0 Å². The molecule has 20 heavy (non-hydrogen) atoms. The van der Waals surface area contributed by atoms with Crippen molar-refractivity contribution in [2.24, 2.45) is 10.9 Å². The van der Waals surface area contributed by atoms with Gasteiger partial charge < -0.3 is 15.3 Å². The van der Waals surface area contributed by atoms with E-state index in [1.807, 2.05) is 0 Å². The number of nitrogens with zero attached hydrogens (tertiary/aromatic N) is 1. The number of nitrogens with two attached hydrogens (primary N) is 1. The standard InChI is InChI=1S/C15H15FN2O2/c1-19-15-8-11(9-18-17)5-6-14(15)20-10-12-3-2-4-13(16)7-12/h2-9H,10,17H2,1H3. The van der Waals surface area contributed by atoms with Gasteiger partial charge in [0.05, 0.1) is 13.3 Å². The highest BCUT2D eigenvalue weighted by Crippen LogP contribution is 2.28. The van der Waals surface area contributed by atoms with Gasteiger partial charge in [-0.2, -0.15) is 5.10 Å². The van der Waals surface area contributed by atoms with Gasteiger partial charge in [-0.3, -0.25) is 0 Å². The van der Waals surface area contributed by atoms with E-state index in [0.717, 1.165) is 11.1 Å². The van der Waals surface area contributed by atoms with E-state index in [0.29, 0.717) is 11.5 Å². The van der Waals surface area contributed by atoms with Crippen LogP contribution in [0.3, 0.4) is 0 Å². The summed E-state index contributed by atoms with van der Waals surface area (Å²) in [5.74, 6) is 5.96. The highest BCUT2D eigenvalue weighted by atomic mass is 19.1. The molecule has 0 heterocycles. The van der Waals surface area contributed by atoms with Crippen molar-refractivity contribution < 1.29 is 13.9 Å². The van der Waals surface area contributed by atoms with Crippen LogP contribution in [0.25, 0.3) is 0 Å². The summed E-state index contributed by atoms with van der Waals surface area (Å²) < 4.78 is 23.9. The summed E-state index contributed by atoms with van der Waals surface area (Å²) in [7, 11) is 1.55. The Balaban J connectivity index is 2.13. The molecule has 0 saturated heterocycles. The summed E-state index contributed by atoms with van der Waals surface area (Å²) in [6, 6.07) is 11.6. The Labute approximate surface area is 116 Å². The van der Waals surface area contributed by atoms with Crippen LogP contribution >= 0.6 is 0 Å². The molecule has 0 bridgehead atoms. The predicted octanol–water partition coefficient (Wildman–Crippen LogP) is 2.71. The van der Waals surface area contributed by atoms with Crippen LogP contribution in [0.2, 0.25) is 0 Å². The normalized spacial score (nSPS) is 10.7. The molecule has 0 radical (unpaired) electrons. The number of rotatable bonds is 5. The number of hydrogen-bond acceptors (Lipinski definition) is 4. The number of hydrogen-bond donors (Lipinski definition) is 1. The maximum Gasteiger partial charge on any atom is 0.161 e. The van der Waals surface area contributed by atoms with Gasteiger partial charge in [0.2, 0.25) is 0 Å². The van der Waals surface area contributed by atoms with E-state index >= 15 is 0 Å². The van der Waals surface area contributed by atoms with E-state index in [4.69, 9.17) is 15.3 Å². The molecule has 0 unspecified atom stereocenters. The third-order valence-electron chi connectivity index (χ3n) is 2.69. The Kier molecular flexibility index (Phi) is 4.55. The Hall–Kier alpha value is -2.56. The zero-order valence-electron chi connectivity index (χ0n) is 11.0. The van der Waals surface area contributed by atoms with E-state index < -0.39 is 0 Å². The fourth-order valence-corrected chi connectivity index (χ4v) is 1.76. The van der Waals surface area contributed by atoms with Crippen molar-refractivity contribution in [2.75, 3.05) is 7.11 Å². The summed E-state index contributed by atoms with van der Waals surface area (Å²) in [5.41, 5.74) is 1.56. The fraction of sp³-hybridized carbons (Fsp3) is 0.133. The molecule has 0 amide bonds. The molecule has 0 aliphatic heterocycles. The maximum atomic E-state index is 13.1. The van der Waals surface area contributed by atoms with Crippen LogP contribution in [0.15, 0.2) is 47.6 Å². The second-order valence-electron chi connectivity index (χ2n) is 4.11. The van der Waals surface area contributed by atoms with Gasteiger partial charge in [0.25, 0.3) is 0 Å². The van der Waals surface area contributed by atoms with Crippen molar-refractivity contribution in [2.45, 2.75) is 6.61 Å². The van der Waals surface area contributed by atoms with Crippen molar-refractivity contribution in [3.63, 3.8) is 0 Å². The van der Waals surface area contributed by atoms with Gasteiger partial charge in [-0.1, -0.05) is 12.1 Å². The first-order chi connectivity index (χ1) is 9.72. The molecule has 2 aromatic rings.